The van der Waals surface area contributed by atoms with Crippen molar-refractivity contribution in [3.05, 3.63) is 29.3 Å². The number of hydrogen-bond donors (Lipinski definition) is 5. The molecule has 0 aliphatic carbocycles. The monoisotopic (exact) mass is 266 g/mol. The van der Waals surface area contributed by atoms with Crippen LogP contribution in [-0.2, 0) is 13.0 Å². The van der Waals surface area contributed by atoms with Gasteiger partial charge in [0.05, 0.1) is 25.4 Å². The van der Waals surface area contributed by atoms with Crippen molar-refractivity contribution < 1.29 is 15.3 Å². The molecule has 5 nitrogen and oxygen atoms in total. The van der Waals surface area contributed by atoms with Crippen molar-refractivity contribution in [2.75, 3.05) is 31.7 Å². The van der Waals surface area contributed by atoms with Crippen LogP contribution < -0.4 is 10.6 Å². The minimum Gasteiger partial charge on any atom is -0.394 e. The van der Waals surface area contributed by atoms with E-state index in [1.54, 1.807) is 0 Å². The number of aliphatic hydroxyl groups is 3. The number of anilines is 1. The van der Waals surface area contributed by atoms with Crippen LogP contribution in [0.3, 0.4) is 0 Å². The molecule has 0 amide bonds. The van der Waals surface area contributed by atoms with Crippen LogP contribution >= 0.6 is 0 Å². The summed E-state index contributed by atoms with van der Waals surface area (Å²) in [6, 6.07) is 6.14. The number of rotatable bonds is 6. The van der Waals surface area contributed by atoms with Crippen LogP contribution in [0.25, 0.3) is 0 Å². The summed E-state index contributed by atoms with van der Waals surface area (Å²) in [6.45, 7) is 0.556. The highest BCUT2D eigenvalue weighted by molar-refractivity contribution is 5.59. The molecule has 0 atom stereocenters. The van der Waals surface area contributed by atoms with Crippen LogP contribution in [-0.4, -0.2) is 47.2 Å². The quantitative estimate of drug-likeness (QED) is 0.494. The van der Waals surface area contributed by atoms with Crippen LogP contribution in [0.1, 0.15) is 17.5 Å². The van der Waals surface area contributed by atoms with Crippen molar-refractivity contribution >= 4 is 5.69 Å². The molecule has 0 fully saturated rings. The van der Waals surface area contributed by atoms with E-state index >= 15 is 0 Å². The minimum atomic E-state index is -1.03. The molecule has 19 heavy (non-hydrogen) atoms. The number of hydrogen-bond acceptors (Lipinski definition) is 5. The van der Waals surface area contributed by atoms with Crippen molar-refractivity contribution in [3.8, 4) is 0 Å². The van der Waals surface area contributed by atoms with E-state index in [0.29, 0.717) is 6.54 Å². The molecule has 2 rings (SSSR count). The summed E-state index contributed by atoms with van der Waals surface area (Å²) >= 11 is 0. The van der Waals surface area contributed by atoms with Crippen LogP contribution in [0.4, 0.5) is 5.69 Å². The Morgan fingerprint density at radius 3 is 2.58 bits per heavy atom. The summed E-state index contributed by atoms with van der Waals surface area (Å²) in [6.07, 6.45) is 2.21. The number of nitrogens with one attached hydrogen (secondary N) is 2. The Kier molecular flexibility index (Phi) is 4.76. The summed E-state index contributed by atoms with van der Waals surface area (Å²) < 4.78 is 0. The lowest BCUT2D eigenvalue weighted by molar-refractivity contribution is 0.0414. The number of aliphatic hydroxyl groups excluding tert-OH is 3. The third-order valence-corrected chi connectivity index (χ3v) is 3.72. The number of benzene rings is 1. The molecule has 106 valence electrons. The fraction of sp³-hybridized carbons (Fsp3) is 0.571. The molecule has 0 spiro atoms. The standard InChI is InChI=1S/C14H22N2O3/c17-8-14(9-18,10-19)16-7-12-4-1-3-11-5-2-6-15-13(11)12/h1,3-4,15-19H,2,5-10H2. The second-order valence-corrected chi connectivity index (χ2v) is 5.09. The lowest BCUT2D eigenvalue weighted by atomic mass is 9.98. The largest absolute Gasteiger partial charge is 0.394 e. The fourth-order valence-electron chi connectivity index (χ4n) is 2.33. The molecule has 0 unspecified atom stereocenters. The molecule has 1 aliphatic heterocycles. The Hall–Kier alpha value is -1.14. The van der Waals surface area contributed by atoms with Crippen molar-refractivity contribution in [1.29, 1.82) is 0 Å². The summed E-state index contributed by atoms with van der Waals surface area (Å²) in [5, 5.41) is 34.3. The summed E-state index contributed by atoms with van der Waals surface area (Å²) in [7, 11) is 0. The van der Waals surface area contributed by atoms with Gasteiger partial charge in [-0.2, -0.15) is 0 Å². The van der Waals surface area contributed by atoms with E-state index in [2.05, 4.69) is 16.7 Å². The van der Waals surface area contributed by atoms with Crippen molar-refractivity contribution in [3.63, 3.8) is 0 Å². The Balaban J connectivity index is 2.11. The highest BCUT2D eigenvalue weighted by Crippen LogP contribution is 2.26. The van der Waals surface area contributed by atoms with Gasteiger partial charge < -0.3 is 26.0 Å². The minimum absolute atomic E-state index is 0.303. The molecule has 0 radical (unpaired) electrons. The molecule has 1 heterocycles. The lowest BCUT2D eigenvalue weighted by Crippen LogP contribution is -2.54. The number of aryl methyl sites for hydroxylation is 1. The van der Waals surface area contributed by atoms with E-state index in [9.17, 15) is 15.3 Å². The third-order valence-electron chi connectivity index (χ3n) is 3.72. The van der Waals surface area contributed by atoms with E-state index in [-0.39, 0.29) is 19.8 Å². The predicted molar refractivity (Wildman–Crippen MR) is 74.1 cm³/mol. The second kappa shape index (κ2) is 6.34. The van der Waals surface area contributed by atoms with E-state index < -0.39 is 5.54 Å². The molecule has 1 aliphatic rings. The zero-order chi connectivity index (χ0) is 13.7. The molecule has 0 saturated carbocycles. The van der Waals surface area contributed by atoms with Crippen LogP contribution in [0.2, 0.25) is 0 Å². The molecular formula is C14H22N2O3. The molecule has 0 bridgehead atoms. The second-order valence-electron chi connectivity index (χ2n) is 5.09. The van der Waals surface area contributed by atoms with Crippen molar-refractivity contribution in [2.45, 2.75) is 24.9 Å². The Labute approximate surface area is 113 Å². The first kappa shape index (κ1) is 14.3. The zero-order valence-corrected chi connectivity index (χ0v) is 11.0. The maximum atomic E-state index is 9.29. The van der Waals surface area contributed by atoms with Crippen molar-refractivity contribution in [2.24, 2.45) is 0 Å². The highest BCUT2D eigenvalue weighted by Gasteiger charge is 2.27. The lowest BCUT2D eigenvalue weighted by Gasteiger charge is -2.30. The van der Waals surface area contributed by atoms with Gasteiger partial charge in [0.25, 0.3) is 0 Å². The zero-order valence-electron chi connectivity index (χ0n) is 11.0. The summed E-state index contributed by atoms with van der Waals surface area (Å²) in [5.74, 6) is 0. The van der Waals surface area contributed by atoms with Gasteiger partial charge in [0.15, 0.2) is 0 Å². The first-order valence-electron chi connectivity index (χ1n) is 6.67. The van der Waals surface area contributed by atoms with Crippen LogP contribution in [0.5, 0.6) is 0 Å². The van der Waals surface area contributed by atoms with Gasteiger partial charge >= 0.3 is 0 Å². The molecular weight excluding hydrogens is 244 g/mol. The van der Waals surface area contributed by atoms with Gasteiger partial charge in [0.1, 0.15) is 0 Å². The fourth-order valence-corrected chi connectivity index (χ4v) is 2.33. The first-order valence-corrected chi connectivity index (χ1v) is 6.67. The normalized spacial score (nSPS) is 14.9. The molecule has 1 aromatic rings. The summed E-state index contributed by atoms with van der Waals surface area (Å²) in [4.78, 5) is 0. The predicted octanol–water partition coefficient (Wildman–Crippen LogP) is -0.150. The average Bonchev–Trinajstić information content (AvgIpc) is 2.49. The topological polar surface area (TPSA) is 84.8 Å². The van der Waals surface area contributed by atoms with E-state index in [1.807, 2.05) is 12.1 Å². The third kappa shape index (κ3) is 3.06. The average molecular weight is 266 g/mol. The molecule has 0 saturated heterocycles. The van der Waals surface area contributed by atoms with Gasteiger partial charge in [0.2, 0.25) is 0 Å². The van der Waals surface area contributed by atoms with Gasteiger partial charge in [-0.25, -0.2) is 0 Å². The SMILES string of the molecule is OCC(CO)(CO)NCc1cccc2c1NCCC2. The highest BCUT2D eigenvalue weighted by atomic mass is 16.3. The van der Waals surface area contributed by atoms with Crippen LogP contribution in [0, 0.1) is 0 Å². The number of para-hydroxylation sites is 1. The van der Waals surface area contributed by atoms with Gasteiger partial charge in [-0.15, -0.1) is 0 Å². The molecule has 5 heteroatoms. The molecule has 5 N–H and O–H groups in total. The van der Waals surface area contributed by atoms with Crippen LogP contribution in [0.15, 0.2) is 18.2 Å². The number of fused-ring (bicyclic) bond motifs is 1. The summed E-state index contributed by atoms with van der Waals surface area (Å²) in [5.41, 5.74) is 2.51. The maximum absolute atomic E-state index is 9.29. The first-order chi connectivity index (χ1) is 9.24. The van der Waals surface area contributed by atoms with Gasteiger partial charge in [0, 0.05) is 18.8 Å². The van der Waals surface area contributed by atoms with E-state index in [4.69, 9.17) is 0 Å². The van der Waals surface area contributed by atoms with Gasteiger partial charge in [-0.05, 0) is 24.0 Å². The van der Waals surface area contributed by atoms with Crippen molar-refractivity contribution in [1.82, 2.24) is 5.32 Å². The molecule has 1 aromatic carbocycles. The Bertz CT molecular complexity index is 411. The smallest absolute Gasteiger partial charge is 0.0884 e. The van der Waals surface area contributed by atoms with Gasteiger partial charge in [-0.1, -0.05) is 18.2 Å². The van der Waals surface area contributed by atoms with E-state index in [1.165, 1.54) is 5.56 Å². The van der Waals surface area contributed by atoms with Gasteiger partial charge in [-0.3, -0.25) is 0 Å². The van der Waals surface area contributed by atoms with E-state index in [0.717, 1.165) is 30.6 Å². The maximum Gasteiger partial charge on any atom is 0.0884 e. The Morgan fingerprint density at radius 2 is 1.89 bits per heavy atom. The molecule has 0 aromatic heterocycles. The Morgan fingerprint density at radius 1 is 1.16 bits per heavy atom.